The van der Waals surface area contributed by atoms with E-state index >= 15 is 0 Å². The van der Waals surface area contributed by atoms with Gasteiger partial charge in [-0.1, -0.05) is 44.2 Å². The Morgan fingerprint density at radius 3 is 2.24 bits per heavy atom. The first-order valence-electron chi connectivity index (χ1n) is 5.83. The van der Waals surface area contributed by atoms with E-state index in [-0.39, 0.29) is 11.7 Å². The summed E-state index contributed by atoms with van der Waals surface area (Å²) in [7, 11) is 0. The van der Waals surface area contributed by atoms with E-state index in [1.807, 2.05) is 19.9 Å². The lowest BCUT2D eigenvalue weighted by molar-refractivity contribution is -0.147. The first-order valence-corrected chi connectivity index (χ1v) is 5.83. The van der Waals surface area contributed by atoms with Crippen LogP contribution in [0.5, 0.6) is 0 Å². The Morgan fingerprint density at radius 1 is 1.18 bits per heavy atom. The second kappa shape index (κ2) is 6.18. The Hall–Kier alpha value is -1.64. The van der Waals surface area contributed by atoms with Crippen LogP contribution < -0.4 is 0 Å². The predicted molar refractivity (Wildman–Crippen MR) is 65.7 cm³/mol. The third-order valence-electron chi connectivity index (χ3n) is 2.55. The van der Waals surface area contributed by atoms with Crippen molar-refractivity contribution in [2.45, 2.75) is 20.8 Å². The highest BCUT2D eigenvalue weighted by molar-refractivity contribution is 6.08. The summed E-state index contributed by atoms with van der Waals surface area (Å²) in [5.74, 6) is -1.38. The quantitative estimate of drug-likeness (QED) is 0.447. The molecule has 3 heteroatoms. The number of ether oxygens (including phenoxy) is 1. The molecule has 0 aliphatic carbocycles. The number of ketones is 1. The number of rotatable bonds is 5. The van der Waals surface area contributed by atoms with Crippen LogP contribution in [0.3, 0.4) is 0 Å². The van der Waals surface area contributed by atoms with Crippen LogP contribution in [0.25, 0.3) is 0 Å². The minimum Gasteiger partial charge on any atom is -0.465 e. The van der Waals surface area contributed by atoms with Gasteiger partial charge in [-0.05, 0) is 12.8 Å². The first-order chi connectivity index (χ1) is 8.07. The van der Waals surface area contributed by atoms with Crippen LogP contribution in [-0.4, -0.2) is 18.4 Å². The molecule has 17 heavy (non-hydrogen) atoms. The van der Waals surface area contributed by atoms with Crippen LogP contribution in [0.1, 0.15) is 31.1 Å². The van der Waals surface area contributed by atoms with Crippen molar-refractivity contribution in [2.75, 3.05) is 6.61 Å². The summed E-state index contributed by atoms with van der Waals surface area (Å²) in [6, 6.07) is 8.85. The molecular weight excluding hydrogens is 216 g/mol. The molecule has 0 aliphatic rings. The van der Waals surface area contributed by atoms with Crippen LogP contribution in [0.15, 0.2) is 30.3 Å². The molecule has 0 heterocycles. The summed E-state index contributed by atoms with van der Waals surface area (Å²) < 4.78 is 4.95. The van der Waals surface area contributed by atoms with Crippen LogP contribution in [0.4, 0.5) is 0 Å². The van der Waals surface area contributed by atoms with E-state index in [2.05, 4.69) is 0 Å². The molecule has 0 saturated heterocycles. The van der Waals surface area contributed by atoms with Gasteiger partial charge in [-0.3, -0.25) is 9.59 Å². The van der Waals surface area contributed by atoms with Gasteiger partial charge < -0.3 is 4.74 Å². The molecule has 0 saturated carbocycles. The van der Waals surface area contributed by atoms with Crippen molar-refractivity contribution in [3.05, 3.63) is 35.9 Å². The van der Waals surface area contributed by atoms with Gasteiger partial charge >= 0.3 is 5.97 Å². The Morgan fingerprint density at radius 2 is 1.76 bits per heavy atom. The van der Waals surface area contributed by atoms with Crippen LogP contribution in [0.2, 0.25) is 0 Å². The zero-order valence-corrected chi connectivity index (χ0v) is 10.5. The number of carbonyl (C=O) groups is 2. The number of esters is 1. The number of hydrogen-bond acceptors (Lipinski definition) is 3. The van der Waals surface area contributed by atoms with E-state index in [4.69, 9.17) is 4.74 Å². The highest BCUT2D eigenvalue weighted by Gasteiger charge is 2.31. The second-order valence-electron chi connectivity index (χ2n) is 4.20. The summed E-state index contributed by atoms with van der Waals surface area (Å²) in [5, 5.41) is 0. The zero-order chi connectivity index (χ0) is 12.8. The molecule has 0 radical (unpaired) electrons. The van der Waals surface area contributed by atoms with E-state index in [0.717, 1.165) is 0 Å². The fourth-order valence-electron chi connectivity index (χ4n) is 1.70. The van der Waals surface area contributed by atoms with Gasteiger partial charge in [0.1, 0.15) is 5.92 Å². The maximum atomic E-state index is 12.2. The van der Waals surface area contributed by atoms with Gasteiger partial charge in [-0.2, -0.15) is 0 Å². The molecule has 1 aromatic carbocycles. The lowest BCUT2D eigenvalue weighted by atomic mass is 9.88. The summed E-state index contributed by atoms with van der Waals surface area (Å²) in [6.07, 6.45) is 0. The monoisotopic (exact) mass is 234 g/mol. The summed E-state index contributed by atoms with van der Waals surface area (Å²) in [6.45, 7) is 5.73. The molecular formula is C14H18O3. The normalized spacial score (nSPS) is 12.2. The molecule has 0 N–H and O–H groups in total. The minimum atomic E-state index is -0.711. The molecule has 0 unspecified atom stereocenters. The molecule has 3 nitrogen and oxygen atoms in total. The SMILES string of the molecule is CCOC(=O)[C@@H](C(=O)c1ccccc1)C(C)C. The molecule has 0 aliphatic heterocycles. The zero-order valence-electron chi connectivity index (χ0n) is 10.5. The molecule has 1 rings (SSSR count). The highest BCUT2D eigenvalue weighted by atomic mass is 16.5. The highest BCUT2D eigenvalue weighted by Crippen LogP contribution is 2.19. The van der Waals surface area contributed by atoms with Gasteiger partial charge in [0.05, 0.1) is 6.61 Å². The maximum Gasteiger partial charge on any atom is 0.317 e. The molecule has 0 fully saturated rings. The van der Waals surface area contributed by atoms with Crippen molar-refractivity contribution in [3.8, 4) is 0 Å². The van der Waals surface area contributed by atoms with Gasteiger partial charge in [-0.25, -0.2) is 0 Å². The summed E-state index contributed by atoms with van der Waals surface area (Å²) in [4.78, 5) is 24.0. The van der Waals surface area contributed by atoms with Crippen LogP contribution in [0, 0.1) is 11.8 Å². The number of benzene rings is 1. The van der Waals surface area contributed by atoms with E-state index < -0.39 is 11.9 Å². The molecule has 1 aromatic rings. The van der Waals surface area contributed by atoms with Gasteiger partial charge in [0.15, 0.2) is 5.78 Å². The topological polar surface area (TPSA) is 43.4 Å². The molecule has 0 spiro atoms. The van der Waals surface area contributed by atoms with Gasteiger partial charge in [-0.15, -0.1) is 0 Å². The smallest absolute Gasteiger partial charge is 0.317 e. The Bertz CT molecular complexity index is 382. The van der Waals surface area contributed by atoms with Gasteiger partial charge in [0.25, 0.3) is 0 Å². The Labute approximate surface area is 102 Å². The lowest BCUT2D eigenvalue weighted by Gasteiger charge is -2.17. The van der Waals surface area contributed by atoms with E-state index in [1.165, 1.54) is 0 Å². The molecule has 92 valence electrons. The molecule has 0 aromatic heterocycles. The lowest BCUT2D eigenvalue weighted by Crippen LogP contribution is -2.30. The summed E-state index contributed by atoms with van der Waals surface area (Å²) >= 11 is 0. The Balaban J connectivity index is 2.92. The first kappa shape index (κ1) is 13.4. The fraction of sp³-hybridized carbons (Fsp3) is 0.429. The Kier molecular flexibility index (Phi) is 4.88. The number of Topliss-reactive ketones (excluding diaryl/α,β-unsaturated/α-hetero) is 1. The largest absolute Gasteiger partial charge is 0.465 e. The van der Waals surface area contributed by atoms with Crippen molar-refractivity contribution in [1.82, 2.24) is 0 Å². The third kappa shape index (κ3) is 3.41. The maximum absolute atomic E-state index is 12.2. The van der Waals surface area contributed by atoms with E-state index in [0.29, 0.717) is 12.2 Å². The van der Waals surface area contributed by atoms with Crippen molar-refractivity contribution >= 4 is 11.8 Å². The van der Waals surface area contributed by atoms with Crippen molar-refractivity contribution in [1.29, 1.82) is 0 Å². The molecule has 0 bridgehead atoms. The van der Waals surface area contributed by atoms with E-state index in [1.54, 1.807) is 31.2 Å². The molecule has 0 amide bonds. The average molecular weight is 234 g/mol. The molecule has 1 atom stereocenters. The predicted octanol–water partition coefficient (Wildman–Crippen LogP) is 2.70. The van der Waals surface area contributed by atoms with Gasteiger partial charge in [0.2, 0.25) is 0 Å². The summed E-state index contributed by atoms with van der Waals surface area (Å²) in [5.41, 5.74) is 0.555. The van der Waals surface area contributed by atoms with Crippen molar-refractivity contribution in [2.24, 2.45) is 11.8 Å². The van der Waals surface area contributed by atoms with Crippen molar-refractivity contribution in [3.63, 3.8) is 0 Å². The average Bonchev–Trinajstić information content (AvgIpc) is 2.30. The standard InChI is InChI=1S/C14H18O3/c1-4-17-14(16)12(10(2)3)13(15)11-8-6-5-7-9-11/h5-10,12H,4H2,1-3H3/t12-/m1/s1. The fourth-order valence-corrected chi connectivity index (χ4v) is 1.70. The second-order valence-corrected chi connectivity index (χ2v) is 4.20. The van der Waals surface area contributed by atoms with Crippen LogP contribution in [-0.2, 0) is 9.53 Å². The third-order valence-corrected chi connectivity index (χ3v) is 2.55. The van der Waals surface area contributed by atoms with Gasteiger partial charge in [0, 0.05) is 5.56 Å². The van der Waals surface area contributed by atoms with E-state index in [9.17, 15) is 9.59 Å². The minimum absolute atomic E-state index is 0.0678. The van der Waals surface area contributed by atoms with Crippen LogP contribution >= 0.6 is 0 Å². The number of carbonyl (C=O) groups excluding carboxylic acids is 2. The number of hydrogen-bond donors (Lipinski definition) is 0. The van der Waals surface area contributed by atoms with Crippen molar-refractivity contribution < 1.29 is 14.3 Å².